The van der Waals surface area contributed by atoms with Crippen LogP contribution in [0.1, 0.15) is 11.8 Å². The molecule has 0 atom stereocenters. The predicted octanol–water partition coefficient (Wildman–Crippen LogP) is 3.26. The molecule has 24 heavy (non-hydrogen) atoms. The molecule has 6 heteroatoms. The van der Waals surface area contributed by atoms with Gasteiger partial charge in [0.2, 0.25) is 11.8 Å². The number of rotatable bonds is 7. The maximum Gasteiger partial charge on any atom is 0.247 e. The Kier molecular flexibility index (Phi) is 6.57. The largest absolute Gasteiger partial charge is 0.497 e. The predicted molar refractivity (Wildman–Crippen MR) is 97.2 cm³/mol. The molecule has 0 bridgehead atoms. The van der Waals surface area contributed by atoms with Crippen LogP contribution in [0.2, 0.25) is 0 Å². The number of amides is 2. The van der Waals surface area contributed by atoms with Crippen LogP contribution in [0.5, 0.6) is 5.75 Å². The molecule has 2 aromatic rings. The fourth-order valence-corrected chi connectivity index (χ4v) is 2.68. The van der Waals surface area contributed by atoms with Crippen molar-refractivity contribution >= 4 is 34.9 Å². The molecule has 0 saturated carbocycles. The number of nitrogens with zero attached hydrogens (tertiary/aromatic N) is 1. The standard InChI is InChI=1S/C18H20N2O3S/c1-3-20(18(22)10-9-16-8-5-11-24-16)13-17(21)19-14-6-4-7-15(12-14)23-2/h4-12H,3,13H2,1-2H3,(H,19,21)/b10-9+. The lowest BCUT2D eigenvalue weighted by atomic mass is 10.3. The highest BCUT2D eigenvalue weighted by Gasteiger charge is 2.13. The number of hydrogen-bond donors (Lipinski definition) is 1. The highest BCUT2D eigenvalue weighted by Crippen LogP contribution is 2.16. The van der Waals surface area contributed by atoms with Gasteiger partial charge in [-0.15, -0.1) is 11.3 Å². The summed E-state index contributed by atoms with van der Waals surface area (Å²) < 4.78 is 5.12. The molecule has 5 nitrogen and oxygen atoms in total. The van der Waals surface area contributed by atoms with Gasteiger partial charge in [0, 0.05) is 29.3 Å². The summed E-state index contributed by atoms with van der Waals surface area (Å²) >= 11 is 1.55. The molecule has 1 heterocycles. The molecule has 0 spiro atoms. The van der Waals surface area contributed by atoms with Gasteiger partial charge in [0.1, 0.15) is 12.3 Å². The number of ether oxygens (including phenoxy) is 1. The second-order valence-corrected chi connectivity index (χ2v) is 5.96. The van der Waals surface area contributed by atoms with Crippen molar-refractivity contribution in [1.29, 1.82) is 0 Å². The van der Waals surface area contributed by atoms with E-state index in [2.05, 4.69) is 5.32 Å². The Morgan fingerprint density at radius 2 is 2.12 bits per heavy atom. The Balaban J connectivity index is 1.93. The monoisotopic (exact) mass is 344 g/mol. The SMILES string of the molecule is CCN(CC(=O)Nc1cccc(OC)c1)C(=O)/C=C/c1cccs1. The molecular formula is C18H20N2O3S. The van der Waals surface area contributed by atoms with Crippen LogP contribution in [-0.4, -0.2) is 36.9 Å². The summed E-state index contributed by atoms with van der Waals surface area (Å²) in [7, 11) is 1.57. The summed E-state index contributed by atoms with van der Waals surface area (Å²) in [5.41, 5.74) is 0.636. The first-order valence-electron chi connectivity index (χ1n) is 7.56. The van der Waals surface area contributed by atoms with Crippen molar-refractivity contribution in [3.63, 3.8) is 0 Å². The highest BCUT2D eigenvalue weighted by molar-refractivity contribution is 7.10. The molecular weight excluding hydrogens is 324 g/mol. The molecule has 0 fully saturated rings. The molecule has 0 radical (unpaired) electrons. The third-order valence-electron chi connectivity index (χ3n) is 3.31. The third-order valence-corrected chi connectivity index (χ3v) is 4.15. The Morgan fingerprint density at radius 1 is 1.29 bits per heavy atom. The van der Waals surface area contributed by atoms with Gasteiger partial charge in [-0.25, -0.2) is 0 Å². The van der Waals surface area contributed by atoms with Crippen LogP contribution in [0, 0.1) is 0 Å². The molecule has 0 aliphatic carbocycles. The van der Waals surface area contributed by atoms with Crippen LogP contribution < -0.4 is 10.1 Å². The van der Waals surface area contributed by atoms with Crippen molar-refractivity contribution in [1.82, 2.24) is 4.90 Å². The van der Waals surface area contributed by atoms with Gasteiger partial charge in [-0.1, -0.05) is 12.1 Å². The first-order valence-corrected chi connectivity index (χ1v) is 8.44. The van der Waals surface area contributed by atoms with Crippen LogP contribution in [0.4, 0.5) is 5.69 Å². The highest BCUT2D eigenvalue weighted by atomic mass is 32.1. The first-order chi connectivity index (χ1) is 11.6. The van der Waals surface area contributed by atoms with Gasteiger partial charge in [-0.05, 0) is 36.6 Å². The van der Waals surface area contributed by atoms with E-state index in [9.17, 15) is 9.59 Å². The zero-order valence-electron chi connectivity index (χ0n) is 13.7. The minimum Gasteiger partial charge on any atom is -0.497 e. The lowest BCUT2D eigenvalue weighted by Crippen LogP contribution is -2.36. The third kappa shape index (κ3) is 5.24. The van der Waals surface area contributed by atoms with E-state index < -0.39 is 0 Å². The molecule has 1 aromatic heterocycles. The van der Waals surface area contributed by atoms with Crippen LogP contribution in [0.3, 0.4) is 0 Å². The van der Waals surface area contributed by atoms with E-state index in [1.165, 1.54) is 11.0 Å². The van der Waals surface area contributed by atoms with Crippen molar-refractivity contribution in [2.24, 2.45) is 0 Å². The van der Waals surface area contributed by atoms with Gasteiger partial charge in [0.15, 0.2) is 0 Å². The second-order valence-electron chi connectivity index (χ2n) is 4.98. The number of hydrogen-bond acceptors (Lipinski definition) is 4. The molecule has 2 amide bonds. The number of likely N-dealkylation sites (N-methyl/N-ethyl adjacent to an activating group) is 1. The quantitative estimate of drug-likeness (QED) is 0.784. The molecule has 2 rings (SSSR count). The van der Waals surface area contributed by atoms with Crippen LogP contribution in [0.15, 0.2) is 47.9 Å². The summed E-state index contributed by atoms with van der Waals surface area (Å²) in [5, 5.41) is 4.72. The van der Waals surface area contributed by atoms with Crippen molar-refractivity contribution in [3.8, 4) is 5.75 Å². The Labute approximate surface area is 145 Å². The Hall–Kier alpha value is -2.60. The van der Waals surface area contributed by atoms with E-state index in [4.69, 9.17) is 4.74 Å². The summed E-state index contributed by atoms with van der Waals surface area (Å²) in [6.45, 7) is 2.30. The number of anilines is 1. The molecule has 0 unspecified atom stereocenters. The summed E-state index contributed by atoms with van der Waals surface area (Å²) in [5.74, 6) is 0.227. The molecule has 1 N–H and O–H groups in total. The van der Waals surface area contributed by atoms with Crippen molar-refractivity contribution < 1.29 is 14.3 Å². The molecule has 126 valence electrons. The number of carbonyl (C=O) groups is 2. The average Bonchev–Trinajstić information content (AvgIpc) is 3.11. The minimum atomic E-state index is -0.247. The van der Waals surface area contributed by atoms with Crippen LogP contribution in [-0.2, 0) is 9.59 Å². The number of nitrogens with one attached hydrogen (secondary N) is 1. The van der Waals surface area contributed by atoms with Gasteiger partial charge < -0.3 is 15.0 Å². The number of carbonyl (C=O) groups excluding carboxylic acids is 2. The molecule has 0 saturated heterocycles. The summed E-state index contributed by atoms with van der Waals surface area (Å²) in [6, 6.07) is 10.9. The van der Waals surface area contributed by atoms with E-state index in [1.54, 1.807) is 48.8 Å². The topological polar surface area (TPSA) is 58.6 Å². The second kappa shape index (κ2) is 8.88. The van der Waals surface area contributed by atoms with Gasteiger partial charge in [0.05, 0.1) is 7.11 Å². The van der Waals surface area contributed by atoms with E-state index >= 15 is 0 Å². The van der Waals surface area contributed by atoms with Crippen LogP contribution in [0.25, 0.3) is 6.08 Å². The molecule has 0 aliphatic rings. The van der Waals surface area contributed by atoms with E-state index in [1.807, 2.05) is 24.4 Å². The molecule has 1 aromatic carbocycles. The van der Waals surface area contributed by atoms with Gasteiger partial charge in [-0.2, -0.15) is 0 Å². The van der Waals surface area contributed by atoms with Gasteiger partial charge >= 0.3 is 0 Å². The first kappa shape index (κ1) is 17.7. The van der Waals surface area contributed by atoms with Gasteiger partial charge in [-0.3, -0.25) is 9.59 Å². The van der Waals surface area contributed by atoms with E-state index in [0.29, 0.717) is 18.0 Å². The Bertz CT molecular complexity index is 711. The van der Waals surface area contributed by atoms with Crippen molar-refractivity contribution in [2.45, 2.75) is 6.92 Å². The fraction of sp³-hybridized carbons (Fsp3) is 0.222. The lowest BCUT2D eigenvalue weighted by molar-refractivity contribution is -0.130. The van der Waals surface area contributed by atoms with Crippen molar-refractivity contribution in [3.05, 3.63) is 52.7 Å². The summed E-state index contributed by atoms with van der Waals surface area (Å²) in [4.78, 5) is 26.8. The van der Waals surface area contributed by atoms with Crippen molar-refractivity contribution in [2.75, 3.05) is 25.5 Å². The minimum absolute atomic E-state index is 0.00131. The van der Waals surface area contributed by atoms with Gasteiger partial charge in [0.25, 0.3) is 0 Å². The average molecular weight is 344 g/mol. The molecule has 0 aliphatic heterocycles. The van der Waals surface area contributed by atoms with E-state index in [-0.39, 0.29) is 18.4 Å². The lowest BCUT2D eigenvalue weighted by Gasteiger charge is -2.18. The zero-order chi connectivity index (χ0) is 17.4. The number of methoxy groups -OCH3 is 1. The maximum atomic E-state index is 12.2. The fourth-order valence-electron chi connectivity index (χ4n) is 2.07. The van der Waals surface area contributed by atoms with E-state index in [0.717, 1.165) is 4.88 Å². The smallest absolute Gasteiger partial charge is 0.247 e. The normalized spacial score (nSPS) is 10.6. The number of benzene rings is 1. The van der Waals surface area contributed by atoms with Crippen LogP contribution >= 0.6 is 11.3 Å². The maximum absolute atomic E-state index is 12.2. The summed E-state index contributed by atoms with van der Waals surface area (Å²) in [6.07, 6.45) is 3.25. The number of thiophene rings is 1. The Morgan fingerprint density at radius 3 is 2.79 bits per heavy atom. The zero-order valence-corrected chi connectivity index (χ0v) is 14.5.